The predicted octanol–water partition coefficient (Wildman–Crippen LogP) is 2.32. The summed E-state index contributed by atoms with van der Waals surface area (Å²) in [5.41, 5.74) is 6.85. The van der Waals surface area contributed by atoms with E-state index in [1.54, 1.807) is 28.9 Å². The summed E-state index contributed by atoms with van der Waals surface area (Å²) in [4.78, 5) is 23.9. The molecule has 4 heterocycles. The van der Waals surface area contributed by atoms with Crippen molar-refractivity contribution in [3.8, 4) is 11.8 Å². The van der Waals surface area contributed by atoms with Gasteiger partial charge in [-0.05, 0) is 37.1 Å². The Morgan fingerprint density at radius 2 is 2.16 bits per heavy atom. The van der Waals surface area contributed by atoms with Crippen molar-refractivity contribution >= 4 is 22.8 Å². The summed E-state index contributed by atoms with van der Waals surface area (Å²) >= 11 is 0. The quantitative estimate of drug-likeness (QED) is 0.547. The highest BCUT2D eigenvalue weighted by Gasteiger charge is 2.58. The van der Waals surface area contributed by atoms with Crippen LogP contribution in [-0.4, -0.2) is 50.1 Å². The molecule has 1 saturated heterocycles. The minimum atomic E-state index is -1.05. The third-order valence-corrected chi connectivity index (χ3v) is 6.38. The number of carbonyl (C=O) groups excluding carboxylic acids is 1. The Balaban J connectivity index is 1.58. The van der Waals surface area contributed by atoms with Gasteiger partial charge in [-0.15, -0.1) is 5.92 Å². The zero-order valence-corrected chi connectivity index (χ0v) is 17.3. The summed E-state index contributed by atoms with van der Waals surface area (Å²) < 4.78 is 27.8. The maximum Gasteiger partial charge on any atom is 0.255 e. The number of halogens is 2. The number of anilines is 1. The van der Waals surface area contributed by atoms with E-state index in [9.17, 15) is 18.7 Å². The lowest BCUT2D eigenvalue weighted by Crippen LogP contribution is -2.52. The fourth-order valence-corrected chi connectivity index (χ4v) is 4.88. The lowest BCUT2D eigenvalue weighted by Gasteiger charge is -2.39. The SMILES string of the molecule is CC#CCN1CC[C@]2(c3ccc(F)cc3C(=O)N2Cc2cc3nc(N)c(F)cc3[nH]2)C1O. The van der Waals surface area contributed by atoms with Gasteiger partial charge in [-0.25, -0.2) is 13.8 Å². The molecule has 1 amide bonds. The minimum Gasteiger partial charge on any atom is -0.381 e. The Morgan fingerprint density at radius 3 is 2.94 bits per heavy atom. The smallest absolute Gasteiger partial charge is 0.255 e. The molecule has 0 aliphatic carbocycles. The van der Waals surface area contributed by atoms with Crippen LogP contribution in [0.1, 0.15) is 35.0 Å². The number of nitrogen functional groups attached to an aromatic ring is 1. The highest BCUT2D eigenvalue weighted by Crippen LogP contribution is 2.49. The minimum absolute atomic E-state index is 0.0946. The van der Waals surface area contributed by atoms with Crippen LogP contribution in [0.5, 0.6) is 0 Å². The van der Waals surface area contributed by atoms with Gasteiger partial charge in [-0.2, -0.15) is 0 Å². The number of aliphatic hydroxyl groups excluding tert-OH is 1. The van der Waals surface area contributed by atoms with Gasteiger partial charge >= 0.3 is 0 Å². The number of nitrogens with zero attached hydrogens (tertiary/aromatic N) is 3. The number of likely N-dealkylation sites (tertiary alicyclic amines) is 1. The van der Waals surface area contributed by atoms with Crippen molar-refractivity contribution in [2.45, 2.75) is 31.7 Å². The molecule has 32 heavy (non-hydrogen) atoms. The fraction of sp³-hybridized carbons (Fsp3) is 0.304. The van der Waals surface area contributed by atoms with Gasteiger partial charge in [0.25, 0.3) is 5.91 Å². The second-order valence-electron chi connectivity index (χ2n) is 8.11. The summed E-state index contributed by atoms with van der Waals surface area (Å²) in [7, 11) is 0. The maximum atomic E-state index is 14.0. The predicted molar refractivity (Wildman–Crippen MR) is 114 cm³/mol. The summed E-state index contributed by atoms with van der Waals surface area (Å²) in [5.74, 6) is 4.03. The molecule has 4 N–H and O–H groups in total. The van der Waals surface area contributed by atoms with Crippen molar-refractivity contribution in [3.63, 3.8) is 0 Å². The summed E-state index contributed by atoms with van der Waals surface area (Å²) in [6, 6.07) is 7.03. The molecule has 1 aromatic carbocycles. The van der Waals surface area contributed by atoms with Crippen molar-refractivity contribution in [1.29, 1.82) is 0 Å². The van der Waals surface area contributed by atoms with Crippen molar-refractivity contribution < 1.29 is 18.7 Å². The Labute approximate surface area is 182 Å². The molecule has 0 saturated carbocycles. The number of aromatic nitrogens is 2. The molecule has 1 fully saturated rings. The van der Waals surface area contributed by atoms with E-state index < -0.39 is 23.4 Å². The monoisotopic (exact) mass is 437 g/mol. The Morgan fingerprint density at radius 1 is 1.34 bits per heavy atom. The van der Waals surface area contributed by atoms with Crippen molar-refractivity contribution in [1.82, 2.24) is 19.8 Å². The third-order valence-electron chi connectivity index (χ3n) is 6.38. The topological polar surface area (TPSA) is 98.5 Å². The number of amides is 1. The Bertz CT molecular complexity index is 1270. The number of nitrogens with one attached hydrogen (secondary N) is 1. The molecule has 1 unspecified atom stereocenters. The number of nitrogens with two attached hydrogens (primary N) is 1. The standard InChI is InChI=1S/C23H21F2N5O2/c1-2-3-7-29-8-6-23(22(29)32)16-5-4-13(24)9-15(16)21(31)30(23)12-14-10-18-19(27-14)11-17(25)20(26)28-18/h4-5,9-11,22,27,32H,6-8,12H2,1H3,(H2,26,28)/t22?,23-/m0/s1. The van der Waals surface area contributed by atoms with Gasteiger partial charge < -0.3 is 20.7 Å². The lowest BCUT2D eigenvalue weighted by atomic mass is 9.87. The van der Waals surface area contributed by atoms with Gasteiger partial charge in [-0.1, -0.05) is 12.0 Å². The largest absolute Gasteiger partial charge is 0.381 e. The van der Waals surface area contributed by atoms with Crippen molar-refractivity contribution in [2.75, 3.05) is 18.8 Å². The number of rotatable bonds is 3. The first kappa shape index (κ1) is 20.4. The first-order chi connectivity index (χ1) is 15.3. The van der Waals surface area contributed by atoms with Gasteiger partial charge in [0.15, 0.2) is 11.6 Å². The molecule has 9 heteroatoms. The van der Waals surface area contributed by atoms with Crippen molar-refractivity contribution in [2.24, 2.45) is 0 Å². The van der Waals surface area contributed by atoms with E-state index in [1.165, 1.54) is 18.2 Å². The molecule has 0 radical (unpaired) electrons. The molecule has 5 rings (SSSR count). The molecule has 0 bridgehead atoms. The van der Waals surface area contributed by atoms with Crippen LogP contribution >= 0.6 is 0 Å². The Kier molecular flexibility index (Phi) is 4.65. The number of fused-ring (bicyclic) bond motifs is 3. The number of hydrogen-bond acceptors (Lipinski definition) is 5. The van der Waals surface area contributed by atoms with Gasteiger partial charge in [0.1, 0.15) is 17.6 Å². The molecule has 3 aromatic rings. The summed E-state index contributed by atoms with van der Waals surface area (Å²) in [6.07, 6.45) is -0.557. The molecule has 2 aliphatic rings. The van der Waals surface area contributed by atoms with Crippen LogP contribution < -0.4 is 5.73 Å². The van der Waals surface area contributed by atoms with Gasteiger partial charge in [-0.3, -0.25) is 9.69 Å². The number of carbonyl (C=O) groups is 1. The number of pyridine rings is 1. The third kappa shape index (κ3) is 2.87. The first-order valence-corrected chi connectivity index (χ1v) is 10.2. The maximum absolute atomic E-state index is 14.0. The lowest BCUT2D eigenvalue weighted by molar-refractivity contribution is -0.0571. The molecule has 2 aliphatic heterocycles. The molecule has 2 aromatic heterocycles. The zero-order valence-electron chi connectivity index (χ0n) is 17.3. The van der Waals surface area contributed by atoms with Crippen LogP contribution in [0.2, 0.25) is 0 Å². The first-order valence-electron chi connectivity index (χ1n) is 10.2. The van der Waals surface area contributed by atoms with Crippen LogP contribution in [0.15, 0.2) is 30.3 Å². The fourth-order valence-electron chi connectivity index (χ4n) is 4.88. The van der Waals surface area contributed by atoms with E-state index in [0.29, 0.717) is 41.8 Å². The van der Waals surface area contributed by atoms with Gasteiger partial charge in [0.05, 0.1) is 24.1 Å². The second kappa shape index (κ2) is 7.29. The number of benzene rings is 1. The number of hydrogen-bond donors (Lipinski definition) is 3. The normalized spacial score (nSPS) is 22.6. The summed E-state index contributed by atoms with van der Waals surface area (Å²) in [5, 5.41) is 11.3. The molecular weight excluding hydrogens is 416 g/mol. The van der Waals surface area contributed by atoms with E-state index in [0.717, 1.165) is 0 Å². The second-order valence-corrected chi connectivity index (χ2v) is 8.11. The highest BCUT2D eigenvalue weighted by atomic mass is 19.1. The average molecular weight is 437 g/mol. The molecule has 164 valence electrons. The summed E-state index contributed by atoms with van der Waals surface area (Å²) in [6.45, 7) is 2.69. The van der Waals surface area contributed by atoms with E-state index in [4.69, 9.17) is 5.73 Å². The van der Waals surface area contributed by atoms with Crippen LogP contribution in [0, 0.1) is 23.5 Å². The van der Waals surface area contributed by atoms with E-state index in [-0.39, 0.29) is 23.8 Å². The highest BCUT2D eigenvalue weighted by molar-refractivity contribution is 6.00. The van der Waals surface area contributed by atoms with E-state index >= 15 is 0 Å². The molecule has 1 spiro atoms. The Hall–Kier alpha value is -3.48. The van der Waals surface area contributed by atoms with Crippen LogP contribution in [0.25, 0.3) is 11.0 Å². The van der Waals surface area contributed by atoms with E-state index in [2.05, 4.69) is 21.8 Å². The number of H-pyrrole nitrogens is 1. The molecule has 2 atom stereocenters. The molecular formula is C23H21F2N5O2. The van der Waals surface area contributed by atoms with Gasteiger partial charge in [0.2, 0.25) is 0 Å². The number of aliphatic hydroxyl groups is 1. The van der Waals surface area contributed by atoms with Crippen LogP contribution in [0.3, 0.4) is 0 Å². The van der Waals surface area contributed by atoms with Crippen LogP contribution in [0.4, 0.5) is 14.6 Å². The van der Waals surface area contributed by atoms with Crippen molar-refractivity contribution in [3.05, 3.63) is 58.8 Å². The van der Waals surface area contributed by atoms with E-state index in [1.807, 2.05) is 0 Å². The van der Waals surface area contributed by atoms with Gasteiger partial charge in [0, 0.05) is 23.9 Å². The number of aromatic amines is 1. The average Bonchev–Trinajstić information content (AvgIpc) is 3.37. The van der Waals surface area contributed by atoms with Crippen LogP contribution in [-0.2, 0) is 12.1 Å². The zero-order chi connectivity index (χ0) is 22.6. The molecule has 7 nitrogen and oxygen atoms in total.